The highest BCUT2D eigenvalue weighted by atomic mass is 19.1. The summed E-state index contributed by atoms with van der Waals surface area (Å²) in [5.74, 6) is 1.41. The van der Waals surface area contributed by atoms with Gasteiger partial charge in [-0.1, -0.05) is 6.07 Å². The van der Waals surface area contributed by atoms with Gasteiger partial charge in [-0.2, -0.15) is 0 Å². The number of nitrogens with zero attached hydrogens (tertiary/aromatic N) is 2. The number of methoxy groups -OCH3 is 1. The van der Waals surface area contributed by atoms with Gasteiger partial charge in [0.15, 0.2) is 11.6 Å². The molecule has 2 atom stereocenters. The fourth-order valence-electron chi connectivity index (χ4n) is 3.71. The molecule has 0 radical (unpaired) electrons. The molecular weight excluding hydrogens is 335 g/mol. The average Bonchev–Trinajstić information content (AvgIpc) is 3.26. The van der Waals surface area contributed by atoms with Gasteiger partial charge in [0.25, 0.3) is 0 Å². The Hall–Kier alpha value is -2.34. The number of carbonyl (C=O) groups excluding carboxylic acids is 1. The molecule has 1 aliphatic carbocycles. The minimum Gasteiger partial charge on any atom is -0.494 e. The summed E-state index contributed by atoms with van der Waals surface area (Å²) in [5.41, 5.74) is 0.920. The Kier molecular flexibility index (Phi) is 4.68. The van der Waals surface area contributed by atoms with E-state index in [1.807, 2.05) is 23.1 Å². The summed E-state index contributed by atoms with van der Waals surface area (Å²) in [6.07, 6.45) is 2.55. The van der Waals surface area contributed by atoms with Crippen molar-refractivity contribution in [2.24, 2.45) is 5.92 Å². The fraction of sp³-hybridized carbons (Fsp3) is 0.450. The lowest BCUT2D eigenvalue weighted by atomic mass is 10.1. The summed E-state index contributed by atoms with van der Waals surface area (Å²) in [4.78, 5) is 16.9. The Bertz CT molecular complexity index is 769. The largest absolute Gasteiger partial charge is 0.494 e. The third kappa shape index (κ3) is 3.46. The predicted octanol–water partition coefficient (Wildman–Crippen LogP) is 2.88. The molecular formula is C20H23FN2O3. The van der Waals surface area contributed by atoms with E-state index in [0.717, 1.165) is 43.9 Å². The van der Waals surface area contributed by atoms with Gasteiger partial charge in [-0.25, -0.2) is 4.39 Å². The van der Waals surface area contributed by atoms with Gasteiger partial charge in [-0.15, -0.1) is 0 Å². The van der Waals surface area contributed by atoms with Gasteiger partial charge in [-0.05, 0) is 36.2 Å². The second-order valence-corrected chi connectivity index (χ2v) is 7.03. The van der Waals surface area contributed by atoms with Crippen molar-refractivity contribution in [2.75, 3.05) is 33.3 Å². The third-order valence-corrected chi connectivity index (χ3v) is 5.32. The van der Waals surface area contributed by atoms with Gasteiger partial charge in [0, 0.05) is 44.6 Å². The standard InChI is InChI=1S/C20H23FN2O3/c1-25-19-5-4-14(11-17(19)21)13-22-6-8-23(9-7-22)20(24)16-12-15(16)18-3-2-10-26-18/h2-5,10-11,15-16H,6-9,12-13H2,1H3. The predicted molar refractivity (Wildman–Crippen MR) is 94.4 cm³/mol. The van der Waals surface area contributed by atoms with Gasteiger partial charge in [0.1, 0.15) is 5.76 Å². The molecule has 2 aliphatic rings. The van der Waals surface area contributed by atoms with Crippen LogP contribution in [0.25, 0.3) is 0 Å². The van der Waals surface area contributed by atoms with Crippen LogP contribution >= 0.6 is 0 Å². The van der Waals surface area contributed by atoms with Crippen LogP contribution in [0.2, 0.25) is 0 Å². The molecule has 0 bridgehead atoms. The van der Waals surface area contributed by atoms with Gasteiger partial charge in [0.2, 0.25) is 5.91 Å². The second kappa shape index (κ2) is 7.11. The number of rotatable bonds is 5. The molecule has 6 heteroatoms. The van der Waals surface area contributed by atoms with Crippen molar-refractivity contribution in [3.8, 4) is 5.75 Å². The first kappa shape index (κ1) is 17.1. The van der Waals surface area contributed by atoms with Crippen molar-refractivity contribution in [2.45, 2.75) is 18.9 Å². The first-order chi connectivity index (χ1) is 12.7. The van der Waals surface area contributed by atoms with E-state index in [1.54, 1.807) is 12.3 Å². The van der Waals surface area contributed by atoms with Crippen LogP contribution < -0.4 is 4.74 Å². The molecule has 26 heavy (non-hydrogen) atoms. The van der Waals surface area contributed by atoms with E-state index in [-0.39, 0.29) is 29.3 Å². The molecule has 0 N–H and O–H groups in total. The Balaban J connectivity index is 1.28. The molecule has 1 aromatic heterocycles. The molecule has 1 saturated heterocycles. The Morgan fingerprint density at radius 2 is 2.08 bits per heavy atom. The number of furan rings is 1. The monoisotopic (exact) mass is 358 g/mol. The van der Waals surface area contributed by atoms with Crippen LogP contribution in [0.5, 0.6) is 5.75 Å². The number of hydrogen-bond donors (Lipinski definition) is 0. The van der Waals surface area contributed by atoms with Crippen LogP contribution in [0.4, 0.5) is 4.39 Å². The quantitative estimate of drug-likeness (QED) is 0.825. The zero-order chi connectivity index (χ0) is 18.1. The highest BCUT2D eigenvalue weighted by molar-refractivity contribution is 5.83. The zero-order valence-corrected chi connectivity index (χ0v) is 14.9. The molecule has 2 aromatic rings. The highest BCUT2D eigenvalue weighted by Gasteiger charge is 2.47. The van der Waals surface area contributed by atoms with E-state index in [4.69, 9.17) is 9.15 Å². The lowest BCUT2D eigenvalue weighted by molar-refractivity contribution is -0.134. The maximum absolute atomic E-state index is 13.8. The van der Waals surface area contributed by atoms with Gasteiger partial charge >= 0.3 is 0 Å². The highest BCUT2D eigenvalue weighted by Crippen LogP contribution is 2.48. The van der Waals surface area contributed by atoms with Crippen molar-refractivity contribution in [1.29, 1.82) is 0 Å². The van der Waals surface area contributed by atoms with Gasteiger partial charge in [0.05, 0.1) is 13.4 Å². The van der Waals surface area contributed by atoms with E-state index in [0.29, 0.717) is 6.54 Å². The molecule has 0 spiro atoms. The van der Waals surface area contributed by atoms with E-state index < -0.39 is 0 Å². The smallest absolute Gasteiger partial charge is 0.226 e. The Morgan fingerprint density at radius 3 is 2.73 bits per heavy atom. The molecule has 138 valence electrons. The molecule has 2 unspecified atom stereocenters. The van der Waals surface area contributed by atoms with E-state index in [1.165, 1.54) is 13.2 Å². The summed E-state index contributed by atoms with van der Waals surface area (Å²) in [6.45, 7) is 3.73. The maximum Gasteiger partial charge on any atom is 0.226 e. The van der Waals surface area contributed by atoms with Gasteiger partial charge in [-0.3, -0.25) is 9.69 Å². The number of piperazine rings is 1. The molecule has 4 rings (SSSR count). The normalized spacial score (nSPS) is 23.1. The molecule has 1 saturated carbocycles. The first-order valence-corrected chi connectivity index (χ1v) is 9.02. The minimum atomic E-state index is -0.337. The molecule has 5 nitrogen and oxygen atoms in total. The summed E-state index contributed by atoms with van der Waals surface area (Å²) in [5, 5.41) is 0. The lowest BCUT2D eigenvalue weighted by Gasteiger charge is -2.35. The molecule has 1 aromatic carbocycles. The number of amides is 1. The topological polar surface area (TPSA) is 45.9 Å². The maximum atomic E-state index is 13.8. The molecule has 1 aliphatic heterocycles. The Labute approximate surface area is 152 Å². The first-order valence-electron chi connectivity index (χ1n) is 9.02. The molecule has 2 heterocycles. The zero-order valence-electron chi connectivity index (χ0n) is 14.9. The van der Waals surface area contributed by atoms with Crippen molar-refractivity contribution in [3.63, 3.8) is 0 Å². The van der Waals surface area contributed by atoms with Crippen LogP contribution in [-0.4, -0.2) is 49.0 Å². The minimum absolute atomic E-state index is 0.0726. The SMILES string of the molecule is COc1ccc(CN2CCN(C(=O)C3CC3c3ccco3)CC2)cc1F. The van der Waals surface area contributed by atoms with Crippen LogP contribution in [0, 0.1) is 11.7 Å². The van der Waals surface area contributed by atoms with Crippen molar-refractivity contribution >= 4 is 5.91 Å². The van der Waals surface area contributed by atoms with E-state index in [2.05, 4.69) is 4.90 Å². The van der Waals surface area contributed by atoms with Crippen molar-refractivity contribution in [3.05, 3.63) is 53.7 Å². The second-order valence-electron chi connectivity index (χ2n) is 7.03. The number of hydrogen-bond acceptors (Lipinski definition) is 4. The van der Waals surface area contributed by atoms with Crippen LogP contribution in [0.15, 0.2) is 41.0 Å². The average molecular weight is 358 g/mol. The van der Waals surface area contributed by atoms with Crippen molar-refractivity contribution < 1.29 is 18.3 Å². The van der Waals surface area contributed by atoms with E-state index in [9.17, 15) is 9.18 Å². The summed E-state index contributed by atoms with van der Waals surface area (Å²) in [7, 11) is 1.46. The summed E-state index contributed by atoms with van der Waals surface area (Å²) >= 11 is 0. The summed E-state index contributed by atoms with van der Waals surface area (Å²) < 4.78 is 24.2. The van der Waals surface area contributed by atoms with Gasteiger partial charge < -0.3 is 14.1 Å². The number of benzene rings is 1. The van der Waals surface area contributed by atoms with Crippen LogP contribution in [0.1, 0.15) is 23.7 Å². The van der Waals surface area contributed by atoms with E-state index >= 15 is 0 Å². The number of halogens is 1. The summed E-state index contributed by atoms with van der Waals surface area (Å²) in [6, 6.07) is 8.89. The van der Waals surface area contributed by atoms with Crippen LogP contribution in [-0.2, 0) is 11.3 Å². The fourth-order valence-corrected chi connectivity index (χ4v) is 3.71. The third-order valence-electron chi connectivity index (χ3n) is 5.32. The molecule has 1 amide bonds. The number of carbonyl (C=O) groups is 1. The number of ether oxygens (including phenoxy) is 1. The lowest BCUT2D eigenvalue weighted by Crippen LogP contribution is -2.48. The molecule has 2 fully saturated rings. The van der Waals surface area contributed by atoms with Crippen molar-refractivity contribution in [1.82, 2.24) is 9.80 Å². The van der Waals surface area contributed by atoms with Crippen LogP contribution in [0.3, 0.4) is 0 Å². The Morgan fingerprint density at radius 1 is 1.27 bits per heavy atom.